The van der Waals surface area contributed by atoms with Gasteiger partial charge in [-0.1, -0.05) is 0 Å². The molecule has 0 aliphatic heterocycles. The van der Waals surface area contributed by atoms with Crippen LogP contribution in [0, 0.1) is 0 Å². The van der Waals surface area contributed by atoms with Crippen molar-refractivity contribution in [2.45, 2.75) is 46.3 Å². The van der Waals surface area contributed by atoms with Gasteiger partial charge in [-0.05, 0) is 45.9 Å². The van der Waals surface area contributed by atoms with Crippen LogP contribution >= 0.6 is 0 Å². The fourth-order valence-electron chi connectivity index (χ4n) is 3.52. The summed E-state index contributed by atoms with van der Waals surface area (Å²) < 4.78 is 9.13. The van der Waals surface area contributed by atoms with Gasteiger partial charge in [-0.15, -0.1) is 0 Å². The van der Waals surface area contributed by atoms with Crippen molar-refractivity contribution in [2.75, 3.05) is 0 Å². The molecule has 4 rings (SSSR count). The van der Waals surface area contributed by atoms with E-state index in [9.17, 15) is 4.79 Å². The van der Waals surface area contributed by atoms with E-state index in [0.29, 0.717) is 29.2 Å². The van der Waals surface area contributed by atoms with Crippen molar-refractivity contribution in [3.63, 3.8) is 0 Å². The molecule has 0 N–H and O–H groups in total. The topological polar surface area (TPSA) is 82.0 Å². The van der Waals surface area contributed by atoms with E-state index in [4.69, 9.17) is 9.40 Å². The second-order valence-corrected chi connectivity index (χ2v) is 8.00. The first-order chi connectivity index (χ1) is 14.3. The fourth-order valence-corrected chi connectivity index (χ4v) is 3.52. The lowest BCUT2D eigenvalue weighted by molar-refractivity contribution is 0.0692. The molecule has 0 spiro atoms. The van der Waals surface area contributed by atoms with Gasteiger partial charge in [-0.2, -0.15) is 10.2 Å². The normalized spacial score (nSPS) is 11.7. The van der Waals surface area contributed by atoms with Crippen LogP contribution in [-0.2, 0) is 13.6 Å². The van der Waals surface area contributed by atoms with Crippen LogP contribution in [0.15, 0.2) is 47.5 Å². The third-order valence-corrected chi connectivity index (χ3v) is 5.06. The third-order valence-electron chi connectivity index (χ3n) is 5.06. The number of hydrogen-bond acceptors (Lipinski definition) is 5. The van der Waals surface area contributed by atoms with Gasteiger partial charge in [-0.3, -0.25) is 9.48 Å². The Morgan fingerprint density at radius 2 is 2.00 bits per heavy atom. The Morgan fingerprint density at radius 1 is 1.20 bits per heavy atom. The summed E-state index contributed by atoms with van der Waals surface area (Å²) >= 11 is 0. The molecule has 156 valence electrons. The van der Waals surface area contributed by atoms with Gasteiger partial charge >= 0.3 is 0 Å². The molecule has 8 nitrogen and oxygen atoms in total. The monoisotopic (exact) mass is 406 g/mol. The van der Waals surface area contributed by atoms with Crippen molar-refractivity contribution in [1.29, 1.82) is 0 Å². The highest BCUT2D eigenvalue weighted by atomic mass is 16.3. The first-order valence-electron chi connectivity index (χ1n) is 10.1. The maximum absolute atomic E-state index is 13.7. The number of carbonyl (C=O) groups is 1. The lowest BCUT2D eigenvalue weighted by atomic mass is 10.1. The van der Waals surface area contributed by atoms with E-state index in [1.54, 1.807) is 29.4 Å². The van der Waals surface area contributed by atoms with Gasteiger partial charge in [0.25, 0.3) is 5.91 Å². The zero-order valence-corrected chi connectivity index (χ0v) is 17.9. The lowest BCUT2D eigenvalue weighted by Crippen LogP contribution is -2.36. The maximum Gasteiger partial charge on any atom is 0.255 e. The summed E-state index contributed by atoms with van der Waals surface area (Å²) in [7, 11) is 1.87. The van der Waals surface area contributed by atoms with Crippen LogP contribution < -0.4 is 0 Å². The molecular formula is C22H26N6O2. The van der Waals surface area contributed by atoms with Crippen LogP contribution in [0.5, 0.6) is 0 Å². The average molecular weight is 406 g/mol. The highest BCUT2D eigenvalue weighted by molar-refractivity contribution is 6.06. The van der Waals surface area contributed by atoms with Crippen molar-refractivity contribution < 1.29 is 9.21 Å². The molecule has 0 radical (unpaired) electrons. The van der Waals surface area contributed by atoms with Crippen LogP contribution in [0.3, 0.4) is 0 Å². The standard InChI is InChI=1S/C22H26N6O2/c1-14(2)27(13-16-10-23-26(5)12-16)22(29)17-9-19(20-7-6-8-30-20)25-21-18(17)11-24-28(21)15(3)4/h6-12,14-15H,13H2,1-5H3. The molecule has 4 heterocycles. The Bertz CT molecular complexity index is 1170. The molecule has 0 unspecified atom stereocenters. The first kappa shape index (κ1) is 19.9. The summed E-state index contributed by atoms with van der Waals surface area (Å²) in [6, 6.07) is 5.57. The average Bonchev–Trinajstić information content (AvgIpc) is 3.44. The number of carbonyl (C=O) groups excluding carboxylic acids is 1. The maximum atomic E-state index is 13.7. The van der Waals surface area contributed by atoms with Crippen LogP contribution in [0.1, 0.15) is 49.7 Å². The quantitative estimate of drug-likeness (QED) is 0.482. The van der Waals surface area contributed by atoms with Crippen LogP contribution in [0.2, 0.25) is 0 Å². The minimum absolute atomic E-state index is 0.00753. The Morgan fingerprint density at radius 3 is 2.60 bits per heavy atom. The molecule has 4 aromatic rings. The van der Waals surface area contributed by atoms with Gasteiger partial charge < -0.3 is 9.32 Å². The van der Waals surface area contributed by atoms with Gasteiger partial charge in [0.1, 0.15) is 5.69 Å². The molecule has 8 heteroatoms. The molecule has 0 fully saturated rings. The van der Waals surface area contributed by atoms with Crippen molar-refractivity contribution in [2.24, 2.45) is 7.05 Å². The largest absolute Gasteiger partial charge is 0.463 e. The van der Waals surface area contributed by atoms with Crippen molar-refractivity contribution in [3.05, 3.63) is 54.2 Å². The van der Waals surface area contributed by atoms with E-state index in [0.717, 1.165) is 10.9 Å². The summed E-state index contributed by atoms with van der Waals surface area (Å²) in [5.41, 5.74) is 2.83. The van der Waals surface area contributed by atoms with Crippen LogP contribution in [0.4, 0.5) is 0 Å². The predicted octanol–water partition coefficient (Wildman–Crippen LogP) is 4.06. The van der Waals surface area contributed by atoms with Crippen molar-refractivity contribution >= 4 is 16.9 Å². The number of furan rings is 1. The molecule has 0 atom stereocenters. The first-order valence-corrected chi connectivity index (χ1v) is 10.1. The number of aryl methyl sites for hydroxylation is 1. The summed E-state index contributed by atoms with van der Waals surface area (Å²) in [5, 5.41) is 9.45. The summed E-state index contributed by atoms with van der Waals surface area (Å²) in [6.07, 6.45) is 7.04. The Kier molecular flexibility index (Phi) is 5.15. The number of fused-ring (bicyclic) bond motifs is 1. The number of amides is 1. The molecule has 0 aliphatic rings. The van der Waals surface area contributed by atoms with Gasteiger partial charge in [0.2, 0.25) is 0 Å². The number of aromatic nitrogens is 5. The number of pyridine rings is 1. The summed E-state index contributed by atoms with van der Waals surface area (Å²) in [6.45, 7) is 8.58. The van der Waals surface area contributed by atoms with Gasteiger partial charge in [0, 0.05) is 37.4 Å². The van der Waals surface area contributed by atoms with Crippen LogP contribution in [0.25, 0.3) is 22.5 Å². The van der Waals surface area contributed by atoms with Crippen LogP contribution in [-0.4, -0.2) is 41.4 Å². The van der Waals surface area contributed by atoms with E-state index >= 15 is 0 Å². The number of rotatable bonds is 6. The molecule has 0 saturated carbocycles. The van der Waals surface area contributed by atoms with E-state index in [1.807, 2.05) is 62.7 Å². The highest BCUT2D eigenvalue weighted by Crippen LogP contribution is 2.28. The van der Waals surface area contributed by atoms with E-state index < -0.39 is 0 Å². The van der Waals surface area contributed by atoms with Gasteiger partial charge in [0.15, 0.2) is 11.4 Å². The zero-order valence-electron chi connectivity index (χ0n) is 17.9. The minimum atomic E-state index is -0.0719. The van der Waals surface area contributed by atoms with Gasteiger partial charge in [0.05, 0.1) is 29.6 Å². The minimum Gasteiger partial charge on any atom is -0.463 e. The number of hydrogen-bond donors (Lipinski definition) is 0. The molecule has 4 aromatic heterocycles. The SMILES string of the molecule is CC(C)N(Cc1cnn(C)c1)C(=O)c1cc(-c2ccco2)nc2c1cnn2C(C)C. The summed E-state index contributed by atoms with van der Waals surface area (Å²) in [4.78, 5) is 20.3. The van der Waals surface area contributed by atoms with Crippen molar-refractivity contribution in [1.82, 2.24) is 29.4 Å². The van der Waals surface area contributed by atoms with Crippen molar-refractivity contribution in [3.8, 4) is 11.5 Å². The second kappa shape index (κ2) is 7.78. The molecule has 1 amide bonds. The third kappa shape index (κ3) is 3.60. The Balaban J connectivity index is 1.83. The molecule has 0 bridgehead atoms. The number of nitrogens with zero attached hydrogens (tertiary/aromatic N) is 6. The zero-order chi connectivity index (χ0) is 21.4. The predicted molar refractivity (Wildman–Crippen MR) is 114 cm³/mol. The smallest absolute Gasteiger partial charge is 0.255 e. The highest BCUT2D eigenvalue weighted by Gasteiger charge is 2.25. The van der Waals surface area contributed by atoms with E-state index in [-0.39, 0.29) is 18.0 Å². The Hall–Kier alpha value is -3.42. The second-order valence-electron chi connectivity index (χ2n) is 8.00. The Labute approximate surface area is 175 Å². The van der Waals surface area contributed by atoms with E-state index in [2.05, 4.69) is 10.2 Å². The van der Waals surface area contributed by atoms with Gasteiger partial charge in [-0.25, -0.2) is 9.67 Å². The molecule has 0 saturated heterocycles. The molecule has 0 aliphatic carbocycles. The van der Waals surface area contributed by atoms with E-state index in [1.165, 1.54) is 0 Å². The molecular weight excluding hydrogens is 380 g/mol. The molecule has 0 aromatic carbocycles. The fraction of sp³-hybridized carbons (Fsp3) is 0.364. The lowest BCUT2D eigenvalue weighted by Gasteiger charge is -2.26. The molecule has 30 heavy (non-hydrogen) atoms. The summed E-state index contributed by atoms with van der Waals surface area (Å²) in [5.74, 6) is 0.545.